The average molecular weight is 340 g/mol. The van der Waals surface area contributed by atoms with Crippen LogP contribution in [0.15, 0.2) is 22.7 Å². The van der Waals surface area contributed by atoms with Crippen molar-refractivity contribution in [2.75, 3.05) is 5.75 Å². The number of rotatable bonds is 6. The first-order valence-corrected chi connectivity index (χ1v) is 8.43. The Kier molecular flexibility index (Phi) is 5.90. The van der Waals surface area contributed by atoms with Crippen LogP contribution in [0.2, 0.25) is 0 Å². The van der Waals surface area contributed by atoms with Crippen molar-refractivity contribution in [2.45, 2.75) is 31.6 Å². The lowest BCUT2D eigenvalue weighted by atomic mass is 10.4. The maximum Gasteiger partial charge on any atom is 0.321 e. The van der Waals surface area contributed by atoms with Gasteiger partial charge >= 0.3 is 6.03 Å². The normalized spacial score (nSPS) is 10.7. The number of urea groups is 1. The maximum absolute atomic E-state index is 11.7. The standard InChI is InChI=1S/C12H16N6O2S2/c1-8(2)13-11(20)14-10(19)7-22-12-15-16-17-18(12)6-9-4-3-5-21-9/h3-5,8H,6-7H2,1-2H3,(H2,13,14,19,20). The summed E-state index contributed by atoms with van der Waals surface area (Å²) >= 11 is 2.79. The lowest BCUT2D eigenvalue weighted by Crippen LogP contribution is -2.43. The molecule has 0 radical (unpaired) electrons. The van der Waals surface area contributed by atoms with Crippen LogP contribution in [0, 0.1) is 0 Å². The number of tetrazole rings is 1. The number of hydrogen-bond acceptors (Lipinski definition) is 7. The maximum atomic E-state index is 11.7. The Hall–Kier alpha value is -1.94. The largest absolute Gasteiger partial charge is 0.336 e. The van der Waals surface area contributed by atoms with Gasteiger partial charge in [0.1, 0.15) is 0 Å². The molecule has 0 fully saturated rings. The molecule has 8 nitrogen and oxygen atoms in total. The lowest BCUT2D eigenvalue weighted by molar-refractivity contribution is -0.117. The van der Waals surface area contributed by atoms with E-state index in [0.717, 1.165) is 4.88 Å². The number of imide groups is 1. The van der Waals surface area contributed by atoms with Gasteiger partial charge in [-0.1, -0.05) is 17.8 Å². The summed E-state index contributed by atoms with van der Waals surface area (Å²) in [5, 5.41) is 18.8. The molecule has 2 N–H and O–H groups in total. The molecule has 3 amide bonds. The molecule has 0 aliphatic rings. The third-order valence-electron chi connectivity index (χ3n) is 2.39. The van der Waals surface area contributed by atoms with Gasteiger partial charge in [-0.2, -0.15) is 0 Å². The Morgan fingerprint density at radius 1 is 1.45 bits per heavy atom. The molecule has 0 atom stereocenters. The van der Waals surface area contributed by atoms with Crippen molar-refractivity contribution in [1.29, 1.82) is 0 Å². The van der Waals surface area contributed by atoms with Crippen molar-refractivity contribution in [1.82, 2.24) is 30.8 Å². The number of carbonyl (C=O) groups excluding carboxylic acids is 2. The number of nitrogens with zero attached hydrogens (tertiary/aromatic N) is 4. The van der Waals surface area contributed by atoms with E-state index in [1.807, 2.05) is 31.4 Å². The second-order valence-corrected chi connectivity index (χ2v) is 6.64. The fourth-order valence-corrected chi connectivity index (χ4v) is 2.90. The van der Waals surface area contributed by atoms with E-state index in [1.165, 1.54) is 11.8 Å². The van der Waals surface area contributed by atoms with Crippen LogP contribution in [-0.4, -0.2) is 43.9 Å². The lowest BCUT2D eigenvalue weighted by Gasteiger charge is -2.08. The molecule has 2 heterocycles. The highest BCUT2D eigenvalue weighted by Crippen LogP contribution is 2.16. The number of nitrogens with one attached hydrogen (secondary N) is 2. The zero-order chi connectivity index (χ0) is 15.9. The first-order valence-electron chi connectivity index (χ1n) is 6.56. The summed E-state index contributed by atoms with van der Waals surface area (Å²) < 4.78 is 1.62. The van der Waals surface area contributed by atoms with Crippen LogP contribution in [0.3, 0.4) is 0 Å². The summed E-state index contributed by atoms with van der Waals surface area (Å²) in [4.78, 5) is 24.2. The van der Waals surface area contributed by atoms with Crippen LogP contribution in [0.1, 0.15) is 18.7 Å². The highest BCUT2D eigenvalue weighted by molar-refractivity contribution is 7.99. The number of carbonyl (C=O) groups is 2. The second kappa shape index (κ2) is 7.90. The number of amides is 3. The van der Waals surface area contributed by atoms with Gasteiger partial charge in [0.15, 0.2) is 0 Å². The first kappa shape index (κ1) is 16.4. The fraction of sp³-hybridized carbons (Fsp3) is 0.417. The van der Waals surface area contributed by atoms with Crippen molar-refractivity contribution in [3.63, 3.8) is 0 Å². The number of thioether (sulfide) groups is 1. The first-order chi connectivity index (χ1) is 10.5. The van der Waals surface area contributed by atoms with Gasteiger partial charge in [-0.25, -0.2) is 9.48 Å². The van der Waals surface area contributed by atoms with Crippen LogP contribution in [0.4, 0.5) is 4.79 Å². The van der Waals surface area contributed by atoms with Gasteiger partial charge in [0.25, 0.3) is 0 Å². The van der Waals surface area contributed by atoms with E-state index in [2.05, 4.69) is 26.2 Å². The second-order valence-electron chi connectivity index (χ2n) is 4.66. The van der Waals surface area contributed by atoms with E-state index < -0.39 is 11.9 Å². The van der Waals surface area contributed by atoms with Gasteiger partial charge in [-0.05, 0) is 35.7 Å². The Labute approximate surface area is 135 Å². The van der Waals surface area contributed by atoms with Crippen molar-refractivity contribution in [3.8, 4) is 0 Å². The zero-order valence-corrected chi connectivity index (χ0v) is 13.8. The molecule has 10 heteroatoms. The Morgan fingerprint density at radius 3 is 2.95 bits per heavy atom. The molecule has 0 aliphatic heterocycles. The third-order valence-corrected chi connectivity index (χ3v) is 4.21. The molecular formula is C12H16N6O2S2. The van der Waals surface area contributed by atoms with E-state index in [1.54, 1.807) is 16.0 Å². The molecule has 0 saturated carbocycles. The Morgan fingerprint density at radius 2 is 2.27 bits per heavy atom. The van der Waals surface area contributed by atoms with E-state index in [9.17, 15) is 9.59 Å². The molecule has 0 saturated heterocycles. The summed E-state index contributed by atoms with van der Waals surface area (Å²) in [5.74, 6) is -0.329. The molecular weight excluding hydrogens is 324 g/mol. The quantitative estimate of drug-likeness (QED) is 0.764. The molecule has 0 unspecified atom stereocenters. The predicted molar refractivity (Wildman–Crippen MR) is 83.8 cm³/mol. The minimum atomic E-state index is -0.501. The molecule has 0 bridgehead atoms. The zero-order valence-electron chi connectivity index (χ0n) is 12.1. The molecule has 2 aromatic heterocycles. The Bertz CT molecular complexity index is 625. The molecule has 22 heavy (non-hydrogen) atoms. The monoisotopic (exact) mass is 340 g/mol. The predicted octanol–water partition coefficient (Wildman–Crippen LogP) is 1.11. The molecule has 2 rings (SSSR count). The van der Waals surface area contributed by atoms with E-state index in [0.29, 0.717) is 11.7 Å². The summed E-state index contributed by atoms with van der Waals surface area (Å²) in [6.07, 6.45) is 0. The van der Waals surface area contributed by atoms with Crippen LogP contribution in [-0.2, 0) is 11.3 Å². The molecule has 0 spiro atoms. The van der Waals surface area contributed by atoms with Gasteiger partial charge in [-0.3, -0.25) is 10.1 Å². The summed E-state index contributed by atoms with van der Waals surface area (Å²) in [7, 11) is 0. The van der Waals surface area contributed by atoms with Gasteiger partial charge in [0.05, 0.1) is 12.3 Å². The SMILES string of the molecule is CC(C)NC(=O)NC(=O)CSc1nnnn1Cc1cccs1. The summed E-state index contributed by atoms with van der Waals surface area (Å²) in [5.41, 5.74) is 0. The Balaban J connectivity index is 1.83. The van der Waals surface area contributed by atoms with E-state index >= 15 is 0 Å². The molecule has 0 aromatic carbocycles. The average Bonchev–Trinajstić information content (AvgIpc) is 3.07. The van der Waals surface area contributed by atoms with Gasteiger partial charge < -0.3 is 5.32 Å². The molecule has 0 aliphatic carbocycles. The third kappa shape index (κ3) is 5.11. The van der Waals surface area contributed by atoms with Crippen LogP contribution in [0.25, 0.3) is 0 Å². The van der Waals surface area contributed by atoms with Crippen molar-refractivity contribution in [3.05, 3.63) is 22.4 Å². The molecule has 2 aromatic rings. The topological polar surface area (TPSA) is 102 Å². The van der Waals surface area contributed by atoms with Crippen LogP contribution >= 0.6 is 23.1 Å². The van der Waals surface area contributed by atoms with Gasteiger partial charge in [0, 0.05) is 10.9 Å². The van der Waals surface area contributed by atoms with Crippen LogP contribution < -0.4 is 10.6 Å². The summed E-state index contributed by atoms with van der Waals surface area (Å²) in [6, 6.07) is 3.42. The minimum Gasteiger partial charge on any atom is -0.336 e. The number of thiophene rings is 1. The van der Waals surface area contributed by atoms with Gasteiger partial charge in [0.2, 0.25) is 11.1 Å². The fourth-order valence-electron chi connectivity index (χ4n) is 1.54. The smallest absolute Gasteiger partial charge is 0.321 e. The summed E-state index contributed by atoms with van der Waals surface area (Å²) in [6.45, 7) is 4.19. The van der Waals surface area contributed by atoms with Crippen molar-refractivity contribution >= 4 is 35.0 Å². The number of hydrogen-bond donors (Lipinski definition) is 2. The van der Waals surface area contributed by atoms with E-state index in [-0.39, 0.29) is 11.8 Å². The highest BCUT2D eigenvalue weighted by atomic mass is 32.2. The van der Waals surface area contributed by atoms with Crippen molar-refractivity contribution < 1.29 is 9.59 Å². The number of aromatic nitrogens is 4. The minimum absolute atomic E-state index is 0.0291. The highest BCUT2D eigenvalue weighted by Gasteiger charge is 2.13. The van der Waals surface area contributed by atoms with Crippen LogP contribution in [0.5, 0.6) is 0 Å². The van der Waals surface area contributed by atoms with E-state index in [4.69, 9.17) is 0 Å². The van der Waals surface area contributed by atoms with Crippen molar-refractivity contribution in [2.24, 2.45) is 0 Å². The van der Waals surface area contributed by atoms with Gasteiger partial charge in [-0.15, -0.1) is 16.4 Å². The molecule has 118 valence electrons.